The zero-order valence-corrected chi connectivity index (χ0v) is 14.0. The molecule has 0 heterocycles. The van der Waals surface area contributed by atoms with Crippen LogP contribution in [0.3, 0.4) is 0 Å². The van der Waals surface area contributed by atoms with Crippen LogP contribution in [0.1, 0.15) is 27.7 Å². The van der Waals surface area contributed by atoms with E-state index in [0.717, 1.165) is 10.6 Å². The van der Waals surface area contributed by atoms with Crippen LogP contribution in [-0.4, -0.2) is 42.9 Å². The summed E-state index contributed by atoms with van der Waals surface area (Å²) >= 11 is 0. The van der Waals surface area contributed by atoms with Crippen molar-refractivity contribution in [1.82, 2.24) is 0 Å². The quantitative estimate of drug-likeness (QED) is 0.926. The number of hydrogen-bond acceptors (Lipinski definition) is 4. The molecule has 6 heteroatoms. The molecule has 1 amide bonds. The molecule has 0 saturated carbocycles. The molecule has 0 spiro atoms. The number of carboxylic acids is 1. The maximum atomic E-state index is 12.4. The lowest BCUT2D eigenvalue weighted by atomic mass is 10.2. The molecule has 1 atom stereocenters. The standard InChI is InChI=1S/C16H24N2O4/c1-11(14(19)20)18(15(21)22-16(2,3)4)13-9-7-12(8-10-13)17(5)6/h7-11H,1-6H3,(H,19,20). The molecule has 0 aromatic heterocycles. The van der Waals surface area contributed by atoms with Crippen molar-refractivity contribution in [2.24, 2.45) is 0 Å². The first-order valence-electron chi connectivity index (χ1n) is 7.05. The molecule has 0 aliphatic carbocycles. The van der Waals surface area contributed by atoms with E-state index in [0.29, 0.717) is 5.69 Å². The maximum Gasteiger partial charge on any atom is 0.415 e. The van der Waals surface area contributed by atoms with Crippen molar-refractivity contribution in [2.45, 2.75) is 39.3 Å². The zero-order valence-electron chi connectivity index (χ0n) is 14.0. The highest BCUT2D eigenvalue weighted by molar-refractivity contribution is 5.95. The fourth-order valence-corrected chi connectivity index (χ4v) is 1.82. The van der Waals surface area contributed by atoms with E-state index in [1.807, 2.05) is 31.1 Å². The Bertz CT molecular complexity index is 532. The second-order valence-electron chi connectivity index (χ2n) is 6.28. The molecule has 1 rings (SSSR count). The number of carbonyl (C=O) groups excluding carboxylic acids is 1. The van der Waals surface area contributed by atoms with Gasteiger partial charge in [0, 0.05) is 25.5 Å². The summed E-state index contributed by atoms with van der Waals surface area (Å²) in [6.45, 7) is 6.67. The third-order valence-electron chi connectivity index (χ3n) is 2.98. The van der Waals surface area contributed by atoms with E-state index >= 15 is 0 Å². The van der Waals surface area contributed by atoms with Crippen LogP contribution in [0.15, 0.2) is 24.3 Å². The van der Waals surface area contributed by atoms with Gasteiger partial charge in [-0.25, -0.2) is 9.59 Å². The van der Waals surface area contributed by atoms with Gasteiger partial charge in [0.15, 0.2) is 0 Å². The molecule has 0 bridgehead atoms. The van der Waals surface area contributed by atoms with E-state index in [9.17, 15) is 14.7 Å². The average Bonchev–Trinajstić information content (AvgIpc) is 2.37. The molecule has 0 fully saturated rings. The largest absolute Gasteiger partial charge is 0.480 e. The molecule has 6 nitrogen and oxygen atoms in total. The Labute approximate surface area is 131 Å². The predicted molar refractivity (Wildman–Crippen MR) is 86.6 cm³/mol. The molecule has 1 unspecified atom stereocenters. The number of hydrogen-bond donors (Lipinski definition) is 1. The fraction of sp³-hybridized carbons (Fsp3) is 0.500. The van der Waals surface area contributed by atoms with Crippen LogP contribution in [0.4, 0.5) is 16.2 Å². The summed E-state index contributed by atoms with van der Waals surface area (Å²) in [5, 5.41) is 9.25. The lowest BCUT2D eigenvalue weighted by molar-refractivity contribution is -0.138. The molecular weight excluding hydrogens is 284 g/mol. The summed E-state index contributed by atoms with van der Waals surface area (Å²) in [6, 6.07) is 6.03. The van der Waals surface area contributed by atoms with Crippen LogP contribution in [0, 0.1) is 0 Å². The molecular formula is C16H24N2O4. The van der Waals surface area contributed by atoms with Gasteiger partial charge in [0.2, 0.25) is 0 Å². The second-order valence-corrected chi connectivity index (χ2v) is 6.28. The molecule has 0 saturated heterocycles. The van der Waals surface area contributed by atoms with E-state index in [-0.39, 0.29) is 0 Å². The van der Waals surface area contributed by atoms with Crippen molar-refractivity contribution < 1.29 is 19.4 Å². The molecule has 1 N–H and O–H groups in total. The van der Waals surface area contributed by atoms with Gasteiger partial charge in [-0.2, -0.15) is 0 Å². The van der Waals surface area contributed by atoms with Crippen LogP contribution in [0.25, 0.3) is 0 Å². The van der Waals surface area contributed by atoms with Crippen LogP contribution in [-0.2, 0) is 9.53 Å². The second kappa shape index (κ2) is 6.68. The number of rotatable bonds is 4. The lowest BCUT2D eigenvalue weighted by Gasteiger charge is -2.30. The molecule has 1 aromatic rings. The SMILES string of the molecule is CC(C(=O)O)N(C(=O)OC(C)(C)C)c1ccc(N(C)C)cc1. The Balaban J connectivity index is 3.15. The molecule has 1 aromatic carbocycles. The van der Waals surface area contributed by atoms with Gasteiger partial charge in [-0.1, -0.05) is 0 Å². The Hall–Kier alpha value is -2.24. The maximum absolute atomic E-state index is 12.4. The highest BCUT2D eigenvalue weighted by atomic mass is 16.6. The Morgan fingerprint density at radius 1 is 1.09 bits per heavy atom. The molecule has 0 aliphatic heterocycles. The Kier molecular flexibility index (Phi) is 5.41. The molecule has 0 aliphatic rings. The topological polar surface area (TPSA) is 70.1 Å². The summed E-state index contributed by atoms with van der Waals surface area (Å²) in [5.41, 5.74) is 0.738. The van der Waals surface area contributed by atoms with Gasteiger partial charge in [-0.15, -0.1) is 0 Å². The van der Waals surface area contributed by atoms with Gasteiger partial charge < -0.3 is 14.7 Å². The lowest BCUT2D eigenvalue weighted by Crippen LogP contribution is -2.46. The number of amides is 1. The van der Waals surface area contributed by atoms with Gasteiger partial charge in [0.25, 0.3) is 0 Å². The van der Waals surface area contributed by atoms with Gasteiger partial charge in [0.1, 0.15) is 11.6 Å². The summed E-state index contributed by atoms with van der Waals surface area (Å²) in [7, 11) is 3.81. The normalized spacial score (nSPS) is 12.5. The first-order valence-corrected chi connectivity index (χ1v) is 7.05. The third kappa shape index (κ3) is 4.65. The number of nitrogens with zero attached hydrogens (tertiary/aromatic N) is 2. The number of benzene rings is 1. The summed E-state index contributed by atoms with van der Waals surface area (Å²) in [4.78, 5) is 26.7. The van der Waals surface area contributed by atoms with Crippen LogP contribution in [0.2, 0.25) is 0 Å². The predicted octanol–water partition coefficient (Wildman–Crippen LogP) is 2.97. The third-order valence-corrected chi connectivity index (χ3v) is 2.98. The van der Waals surface area contributed by atoms with Crippen molar-refractivity contribution in [2.75, 3.05) is 23.9 Å². The first-order chi connectivity index (χ1) is 10.0. The van der Waals surface area contributed by atoms with Gasteiger partial charge in [-0.05, 0) is 52.0 Å². The fourth-order valence-electron chi connectivity index (χ4n) is 1.82. The average molecular weight is 308 g/mol. The van der Waals surface area contributed by atoms with E-state index in [2.05, 4.69) is 0 Å². The minimum Gasteiger partial charge on any atom is -0.480 e. The zero-order chi connectivity index (χ0) is 17.1. The van der Waals surface area contributed by atoms with Crippen molar-refractivity contribution in [1.29, 1.82) is 0 Å². The minimum absolute atomic E-state index is 0.481. The van der Waals surface area contributed by atoms with E-state index in [4.69, 9.17) is 4.74 Å². The van der Waals surface area contributed by atoms with Crippen molar-refractivity contribution >= 4 is 23.4 Å². The van der Waals surface area contributed by atoms with Gasteiger partial charge in [-0.3, -0.25) is 4.90 Å². The van der Waals surface area contributed by atoms with Crippen LogP contribution < -0.4 is 9.80 Å². The Morgan fingerprint density at radius 2 is 1.55 bits per heavy atom. The number of anilines is 2. The summed E-state index contributed by atoms with van der Waals surface area (Å²) < 4.78 is 5.32. The van der Waals surface area contributed by atoms with Crippen LogP contribution in [0.5, 0.6) is 0 Å². The molecule has 0 radical (unpaired) electrons. The van der Waals surface area contributed by atoms with Crippen molar-refractivity contribution in [3.05, 3.63) is 24.3 Å². The van der Waals surface area contributed by atoms with Gasteiger partial charge >= 0.3 is 12.1 Å². The van der Waals surface area contributed by atoms with E-state index in [1.54, 1.807) is 32.9 Å². The molecule has 22 heavy (non-hydrogen) atoms. The minimum atomic E-state index is -1.09. The smallest absolute Gasteiger partial charge is 0.415 e. The van der Waals surface area contributed by atoms with Crippen molar-refractivity contribution in [3.8, 4) is 0 Å². The molecule has 122 valence electrons. The highest BCUT2D eigenvalue weighted by Crippen LogP contribution is 2.24. The summed E-state index contributed by atoms with van der Waals surface area (Å²) in [6.07, 6.45) is -0.681. The number of carboxylic acid groups (broad SMARTS) is 1. The Morgan fingerprint density at radius 3 is 1.91 bits per heavy atom. The van der Waals surface area contributed by atoms with E-state index < -0.39 is 23.7 Å². The monoisotopic (exact) mass is 308 g/mol. The van der Waals surface area contributed by atoms with Gasteiger partial charge in [0.05, 0.1) is 0 Å². The number of ether oxygens (including phenoxy) is 1. The van der Waals surface area contributed by atoms with Crippen LogP contribution >= 0.6 is 0 Å². The highest BCUT2D eigenvalue weighted by Gasteiger charge is 2.31. The number of aliphatic carboxylic acids is 1. The van der Waals surface area contributed by atoms with E-state index in [1.165, 1.54) is 6.92 Å². The summed E-state index contributed by atoms with van der Waals surface area (Å²) in [5.74, 6) is -1.09. The first kappa shape index (κ1) is 17.8. The number of carbonyl (C=O) groups is 2. The van der Waals surface area contributed by atoms with Crippen molar-refractivity contribution in [3.63, 3.8) is 0 Å².